The zero-order valence-corrected chi connectivity index (χ0v) is 11.6. The van der Waals surface area contributed by atoms with Crippen molar-refractivity contribution in [1.29, 1.82) is 0 Å². The van der Waals surface area contributed by atoms with Gasteiger partial charge in [-0.05, 0) is 55.7 Å². The van der Waals surface area contributed by atoms with E-state index in [2.05, 4.69) is 4.98 Å². The van der Waals surface area contributed by atoms with E-state index in [0.29, 0.717) is 17.9 Å². The minimum absolute atomic E-state index is 0.249. The van der Waals surface area contributed by atoms with Crippen LogP contribution >= 0.6 is 0 Å². The lowest BCUT2D eigenvalue weighted by Gasteiger charge is -2.14. The van der Waals surface area contributed by atoms with Gasteiger partial charge in [-0.2, -0.15) is 0 Å². The zero-order valence-electron chi connectivity index (χ0n) is 11.6. The van der Waals surface area contributed by atoms with Crippen molar-refractivity contribution in [2.45, 2.75) is 25.8 Å². The first-order valence-corrected chi connectivity index (χ1v) is 6.73. The molecule has 0 saturated carbocycles. The molecular weight excluding hydrogens is 255 g/mol. The average molecular weight is 274 g/mol. The van der Waals surface area contributed by atoms with Crippen LogP contribution in [0.1, 0.15) is 30.5 Å². The van der Waals surface area contributed by atoms with E-state index in [9.17, 15) is 4.39 Å². The molecule has 2 aromatic rings. The fourth-order valence-corrected chi connectivity index (χ4v) is 2.01. The predicted octanol–water partition coefficient (Wildman–Crippen LogP) is 3.25. The molecule has 106 valence electrons. The van der Waals surface area contributed by atoms with Crippen molar-refractivity contribution >= 4 is 0 Å². The quantitative estimate of drug-likeness (QED) is 0.823. The molecule has 1 atom stereocenters. The van der Waals surface area contributed by atoms with Gasteiger partial charge in [0.15, 0.2) is 0 Å². The number of benzene rings is 1. The van der Waals surface area contributed by atoms with Gasteiger partial charge in [-0.15, -0.1) is 0 Å². The zero-order chi connectivity index (χ0) is 14.4. The second kappa shape index (κ2) is 7.01. The average Bonchev–Trinajstić information content (AvgIpc) is 2.45. The van der Waals surface area contributed by atoms with Gasteiger partial charge in [-0.25, -0.2) is 4.39 Å². The Hall–Kier alpha value is -1.94. The highest BCUT2D eigenvalue weighted by atomic mass is 19.1. The Morgan fingerprint density at radius 1 is 1.25 bits per heavy atom. The van der Waals surface area contributed by atoms with Crippen molar-refractivity contribution in [2.24, 2.45) is 5.73 Å². The first-order chi connectivity index (χ1) is 9.66. The largest absolute Gasteiger partial charge is 0.493 e. The summed E-state index contributed by atoms with van der Waals surface area (Å²) in [6.07, 6.45) is 5.38. The number of pyridine rings is 1. The summed E-state index contributed by atoms with van der Waals surface area (Å²) in [5, 5.41) is 0. The van der Waals surface area contributed by atoms with E-state index in [0.717, 1.165) is 12.8 Å². The molecule has 1 heterocycles. The summed E-state index contributed by atoms with van der Waals surface area (Å²) in [5.41, 5.74) is 7.76. The van der Waals surface area contributed by atoms with Crippen LogP contribution in [0.2, 0.25) is 0 Å². The predicted molar refractivity (Wildman–Crippen MR) is 77.1 cm³/mol. The molecule has 1 aromatic heterocycles. The van der Waals surface area contributed by atoms with Gasteiger partial charge in [0.2, 0.25) is 0 Å². The number of halogens is 1. The SMILES string of the molecule is C[C@@H](N)c1cc(F)ccc1OCCCc1ccncc1. The molecule has 0 amide bonds. The van der Waals surface area contributed by atoms with E-state index in [4.69, 9.17) is 10.5 Å². The normalized spacial score (nSPS) is 12.2. The number of aromatic nitrogens is 1. The second-order valence-corrected chi connectivity index (χ2v) is 4.78. The summed E-state index contributed by atoms with van der Waals surface area (Å²) in [4.78, 5) is 3.98. The molecule has 0 aliphatic carbocycles. The maximum absolute atomic E-state index is 13.2. The van der Waals surface area contributed by atoms with Gasteiger partial charge < -0.3 is 10.5 Å². The van der Waals surface area contributed by atoms with Gasteiger partial charge in [-0.3, -0.25) is 4.98 Å². The number of rotatable bonds is 6. The lowest BCUT2D eigenvalue weighted by Crippen LogP contribution is -2.09. The van der Waals surface area contributed by atoms with Crippen molar-refractivity contribution in [3.63, 3.8) is 0 Å². The highest BCUT2D eigenvalue weighted by molar-refractivity contribution is 5.36. The summed E-state index contributed by atoms with van der Waals surface area (Å²) < 4.78 is 18.9. The van der Waals surface area contributed by atoms with Gasteiger partial charge in [0.05, 0.1) is 6.61 Å². The van der Waals surface area contributed by atoms with Crippen molar-refractivity contribution in [3.8, 4) is 5.75 Å². The van der Waals surface area contributed by atoms with E-state index in [1.54, 1.807) is 18.5 Å². The Kier molecular flexibility index (Phi) is 5.07. The maximum Gasteiger partial charge on any atom is 0.124 e. The van der Waals surface area contributed by atoms with E-state index >= 15 is 0 Å². The molecule has 4 heteroatoms. The van der Waals surface area contributed by atoms with E-state index in [1.807, 2.05) is 19.1 Å². The molecule has 20 heavy (non-hydrogen) atoms. The smallest absolute Gasteiger partial charge is 0.124 e. The van der Waals surface area contributed by atoms with Crippen LogP contribution in [0, 0.1) is 5.82 Å². The summed E-state index contributed by atoms with van der Waals surface area (Å²) in [6.45, 7) is 2.40. The van der Waals surface area contributed by atoms with Crippen LogP contribution in [0.5, 0.6) is 5.75 Å². The highest BCUT2D eigenvalue weighted by Crippen LogP contribution is 2.24. The molecule has 0 fully saturated rings. The molecule has 2 N–H and O–H groups in total. The Bertz CT molecular complexity index is 543. The molecule has 0 aliphatic rings. The number of hydrogen-bond acceptors (Lipinski definition) is 3. The van der Waals surface area contributed by atoms with Crippen LogP contribution in [-0.2, 0) is 6.42 Å². The van der Waals surface area contributed by atoms with Crippen LogP contribution in [0.3, 0.4) is 0 Å². The first-order valence-electron chi connectivity index (χ1n) is 6.73. The molecular formula is C16H19FN2O. The standard InChI is InChI=1S/C16H19FN2O/c1-12(18)15-11-14(17)4-5-16(15)20-10-2-3-13-6-8-19-9-7-13/h4-9,11-12H,2-3,10,18H2,1H3/t12-/m1/s1. The van der Waals surface area contributed by atoms with Crippen LogP contribution in [0.4, 0.5) is 4.39 Å². The molecule has 2 rings (SSSR count). The fourth-order valence-electron chi connectivity index (χ4n) is 2.01. The van der Waals surface area contributed by atoms with Gasteiger partial charge in [0, 0.05) is 24.0 Å². The number of aryl methyl sites for hydroxylation is 1. The van der Waals surface area contributed by atoms with Crippen molar-refractivity contribution in [2.75, 3.05) is 6.61 Å². The van der Waals surface area contributed by atoms with E-state index in [-0.39, 0.29) is 11.9 Å². The lowest BCUT2D eigenvalue weighted by atomic mass is 10.1. The molecule has 0 saturated heterocycles. The van der Waals surface area contributed by atoms with Crippen molar-refractivity contribution in [3.05, 3.63) is 59.7 Å². The Balaban J connectivity index is 1.88. The molecule has 0 bridgehead atoms. The molecule has 0 unspecified atom stereocenters. The second-order valence-electron chi connectivity index (χ2n) is 4.78. The monoisotopic (exact) mass is 274 g/mol. The third kappa shape index (κ3) is 4.03. The van der Waals surface area contributed by atoms with E-state index in [1.165, 1.54) is 17.7 Å². The number of hydrogen-bond donors (Lipinski definition) is 1. The molecule has 3 nitrogen and oxygen atoms in total. The van der Waals surface area contributed by atoms with Crippen LogP contribution in [0.25, 0.3) is 0 Å². The highest BCUT2D eigenvalue weighted by Gasteiger charge is 2.09. The van der Waals surface area contributed by atoms with Gasteiger partial charge in [0.25, 0.3) is 0 Å². The number of nitrogens with two attached hydrogens (primary N) is 1. The maximum atomic E-state index is 13.2. The lowest BCUT2D eigenvalue weighted by molar-refractivity contribution is 0.306. The third-order valence-corrected chi connectivity index (χ3v) is 3.08. The summed E-state index contributed by atoms with van der Waals surface area (Å²) in [6, 6.07) is 8.20. The molecule has 0 aliphatic heterocycles. The third-order valence-electron chi connectivity index (χ3n) is 3.08. The van der Waals surface area contributed by atoms with E-state index < -0.39 is 0 Å². The molecule has 0 radical (unpaired) electrons. The van der Waals surface area contributed by atoms with Gasteiger partial charge >= 0.3 is 0 Å². The van der Waals surface area contributed by atoms with Gasteiger partial charge in [-0.1, -0.05) is 0 Å². The number of nitrogens with zero attached hydrogens (tertiary/aromatic N) is 1. The minimum atomic E-state index is -0.290. The van der Waals surface area contributed by atoms with Crippen molar-refractivity contribution < 1.29 is 9.13 Å². The Morgan fingerprint density at radius 3 is 2.70 bits per heavy atom. The summed E-state index contributed by atoms with van der Waals surface area (Å²) >= 11 is 0. The van der Waals surface area contributed by atoms with Crippen LogP contribution in [0.15, 0.2) is 42.7 Å². The molecule has 0 spiro atoms. The van der Waals surface area contributed by atoms with Crippen molar-refractivity contribution in [1.82, 2.24) is 4.98 Å². The number of ether oxygens (including phenoxy) is 1. The Labute approximate surface area is 118 Å². The summed E-state index contributed by atoms with van der Waals surface area (Å²) in [5.74, 6) is 0.373. The minimum Gasteiger partial charge on any atom is -0.493 e. The topological polar surface area (TPSA) is 48.1 Å². The summed E-state index contributed by atoms with van der Waals surface area (Å²) in [7, 11) is 0. The van der Waals surface area contributed by atoms with Crippen LogP contribution < -0.4 is 10.5 Å². The van der Waals surface area contributed by atoms with Crippen LogP contribution in [-0.4, -0.2) is 11.6 Å². The Morgan fingerprint density at radius 2 is 2.00 bits per heavy atom. The molecule has 1 aromatic carbocycles. The first kappa shape index (κ1) is 14.5. The van der Waals surface area contributed by atoms with Gasteiger partial charge in [0.1, 0.15) is 11.6 Å². The fraction of sp³-hybridized carbons (Fsp3) is 0.312.